The molecule has 0 radical (unpaired) electrons. The summed E-state index contributed by atoms with van der Waals surface area (Å²) in [5.74, 6) is -1.80. The Morgan fingerprint density at radius 3 is 0.810 bits per heavy atom. The molecule has 8 fully saturated rings. The van der Waals surface area contributed by atoms with Crippen LogP contribution in [-0.4, -0.2) is 264 Å². The van der Waals surface area contributed by atoms with E-state index in [4.69, 9.17) is 71.2 Å². The number of hydrogen-bond donors (Lipinski definition) is 3. The number of morpholine rings is 5. The standard InChI is InChI=1S/2C22H23N3O6.3C17H17N3O4.C4H8O.CO2/c2*26-16-8-9-24-19(20(16)31-13-15-5-2-1-3-6-15)22(28)23-10-12-29-14-18(23)25(24)21(27)17-7-4-11-30-17;3*21-13-6-7-20-15(16(13)24-10-12-4-2-1-3-5-12)17(22)19-8-9-23-11-14(19)18-20;1-2-4-5-3-1;2-1-3/h2*1-3,5-6,8-9,17-18H,4,7,10-14H2;3*1-7,14,18H,8-11H2;1-4H2;/t17-,18+;17-,18-;14-;;;;/m000..../s1. The summed E-state index contributed by atoms with van der Waals surface area (Å²) in [4.78, 5) is 179. The number of aromatic nitrogens is 5. The van der Waals surface area contributed by atoms with Crippen LogP contribution >= 0.6 is 0 Å². The number of fused-ring (bicyclic) bond motifs is 10. The number of pyridine rings is 5. The number of benzene rings is 5. The lowest BCUT2D eigenvalue weighted by atomic mass is 10.1. The van der Waals surface area contributed by atoms with Gasteiger partial charge in [-0.2, -0.15) is 9.59 Å². The van der Waals surface area contributed by atoms with Crippen LogP contribution in [0.2, 0.25) is 0 Å². The Kier molecular flexibility index (Phi) is 32.2. The fourth-order valence-electron chi connectivity index (χ4n) is 17.8. The zero-order chi connectivity index (χ0) is 98.5. The summed E-state index contributed by atoms with van der Waals surface area (Å²) in [5, 5.41) is 2.95. The quantitative estimate of drug-likeness (QED) is 0.114. The SMILES string of the molecule is C1CCOC1.O=C1c2c(OCc3ccccc3)c(=O)ccn2N(C(=O)[C@@H]2CCCO2)[C@@H]2COCCN12.O=C1c2c(OCc3ccccc3)c(=O)ccn2N(C(=O)[C@@H]2CCCO2)[C@H]2COCCN12.O=C1c2c(OCc3ccccc3)c(=O)ccn2NC2COCCN12.O=C1c2c(OCc3ccccc3)c(=O)ccn2NC2COCCN12.O=C1c2c(OCc3ccccc3)c(=O)ccn2N[C@@H]2COCCN12.O=C=O. The van der Waals surface area contributed by atoms with Gasteiger partial charge in [-0.15, -0.1) is 0 Å². The van der Waals surface area contributed by atoms with Crippen molar-refractivity contribution in [3.8, 4) is 28.7 Å². The van der Waals surface area contributed by atoms with E-state index < -0.39 is 35.4 Å². The first-order valence-corrected chi connectivity index (χ1v) is 46.8. The molecule has 742 valence electrons. The Morgan fingerprint density at radius 1 is 0.296 bits per heavy atom. The van der Waals surface area contributed by atoms with Gasteiger partial charge >= 0.3 is 6.15 Å². The van der Waals surface area contributed by atoms with Crippen LogP contribution in [0.15, 0.2) is 237 Å². The smallest absolute Gasteiger partial charge is 0.373 e. The fraction of sp³-hybridized carbons (Fsp3) is 0.370. The highest BCUT2D eigenvalue weighted by molar-refractivity contribution is 6.03. The number of carbonyl (C=O) groups is 7. The maximum Gasteiger partial charge on any atom is 0.373 e. The van der Waals surface area contributed by atoms with Crippen LogP contribution in [0.25, 0.3) is 0 Å². The van der Waals surface area contributed by atoms with Crippen LogP contribution in [0.1, 0.15) is 119 Å². The van der Waals surface area contributed by atoms with Crippen molar-refractivity contribution in [2.75, 3.05) is 152 Å². The van der Waals surface area contributed by atoms with Crippen molar-refractivity contribution >= 4 is 47.5 Å². The van der Waals surface area contributed by atoms with Crippen LogP contribution in [0.4, 0.5) is 0 Å². The first-order valence-electron chi connectivity index (χ1n) is 46.8. The molecule has 0 spiro atoms. The van der Waals surface area contributed by atoms with E-state index in [1.165, 1.54) is 74.9 Å². The Balaban J connectivity index is 0.000000120. The van der Waals surface area contributed by atoms with Crippen molar-refractivity contribution in [2.24, 2.45) is 0 Å². The van der Waals surface area contributed by atoms with Gasteiger partial charge in [-0.1, -0.05) is 152 Å². The summed E-state index contributed by atoms with van der Waals surface area (Å²) >= 11 is 0. The van der Waals surface area contributed by atoms with E-state index in [9.17, 15) is 57.5 Å². The van der Waals surface area contributed by atoms with E-state index in [1.54, 1.807) is 57.1 Å². The number of amides is 7. The van der Waals surface area contributed by atoms with Gasteiger partial charge in [0.1, 0.15) is 63.7 Å². The lowest BCUT2D eigenvalue weighted by Crippen LogP contribution is -2.68. The van der Waals surface area contributed by atoms with Crippen molar-refractivity contribution in [2.45, 2.75) is 115 Å². The summed E-state index contributed by atoms with van der Waals surface area (Å²) in [7, 11) is 0. The minimum atomic E-state index is -0.602. The second-order valence-electron chi connectivity index (χ2n) is 34.0. The van der Waals surface area contributed by atoms with Gasteiger partial charge in [-0.05, 0) is 66.3 Å². The summed E-state index contributed by atoms with van der Waals surface area (Å²) < 4.78 is 79.9. The molecule has 3 N–H and O–H groups in total. The second kappa shape index (κ2) is 46.6. The molecule has 18 heterocycles. The van der Waals surface area contributed by atoms with Crippen LogP contribution in [-0.2, 0) is 90.1 Å². The molecule has 142 heavy (non-hydrogen) atoms. The van der Waals surface area contributed by atoms with Gasteiger partial charge in [0.05, 0.1) is 66.1 Å². The zero-order valence-electron chi connectivity index (χ0n) is 77.4. The summed E-state index contributed by atoms with van der Waals surface area (Å²) in [6, 6.07) is 54.1. The number of carbonyl (C=O) groups excluding carboxylic acids is 9. The summed E-state index contributed by atoms with van der Waals surface area (Å²) in [5.41, 5.74) is 13.1. The van der Waals surface area contributed by atoms with Gasteiger partial charge < -0.3 is 102 Å². The van der Waals surface area contributed by atoms with E-state index in [0.29, 0.717) is 112 Å². The van der Waals surface area contributed by atoms with Gasteiger partial charge in [0, 0.05) is 120 Å². The van der Waals surface area contributed by atoms with Crippen molar-refractivity contribution in [1.29, 1.82) is 0 Å². The van der Waals surface area contributed by atoms with Gasteiger partial charge in [0.2, 0.25) is 27.1 Å². The highest BCUT2D eigenvalue weighted by Crippen LogP contribution is 2.34. The first kappa shape index (κ1) is 98.2. The topological polar surface area (TPSA) is 442 Å². The fourth-order valence-corrected chi connectivity index (χ4v) is 17.8. The largest absolute Gasteiger partial charge is 0.482 e. The molecule has 42 heteroatoms. The zero-order valence-corrected chi connectivity index (χ0v) is 77.4. The third-order valence-corrected chi connectivity index (χ3v) is 24.9. The summed E-state index contributed by atoms with van der Waals surface area (Å²) in [6.07, 6.45) is 10.1. The third kappa shape index (κ3) is 22.2. The molecule has 2 unspecified atom stereocenters. The Morgan fingerprint density at radius 2 is 0.549 bits per heavy atom. The number of rotatable bonds is 17. The average Bonchev–Trinajstić information content (AvgIpc) is 1.23. The predicted molar refractivity (Wildman–Crippen MR) is 503 cm³/mol. The van der Waals surface area contributed by atoms with E-state index in [1.807, 2.05) is 152 Å². The number of hydrogen-bond acceptors (Lipinski definition) is 30. The molecule has 7 amide bonds. The molecule has 13 aliphatic heterocycles. The maximum atomic E-state index is 13.4. The van der Waals surface area contributed by atoms with Crippen LogP contribution in [0.5, 0.6) is 28.7 Å². The van der Waals surface area contributed by atoms with Crippen LogP contribution in [0, 0.1) is 0 Å². The van der Waals surface area contributed by atoms with Gasteiger partial charge in [0.25, 0.3) is 41.4 Å². The average molecular weight is 1950 g/mol. The molecule has 10 aromatic rings. The molecule has 13 aliphatic rings. The Bertz CT molecular complexity index is 6010. The Hall–Kier alpha value is -15.4. The van der Waals surface area contributed by atoms with E-state index >= 15 is 0 Å². The predicted octanol–water partition coefficient (Wildman–Crippen LogP) is 4.33. The van der Waals surface area contributed by atoms with Gasteiger partial charge in [-0.3, -0.25) is 71.6 Å². The van der Waals surface area contributed by atoms with Crippen molar-refractivity contribution < 1.29 is 105 Å². The van der Waals surface area contributed by atoms with Crippen LogP contribution in [0.3, 0.4) is 0 Å². The monoisotopic (exact) mass is 1950 g/mol. The van der Waals surface area contributed by atoms with Gasteiger partial charge in [0.15, 0.2) is 69.5 Å². The van der Waals surface area contributed by atoms with Crippen molar-refractivity contribution in [1.82, 2.24) is 47.9 Å². The molecule has 0 bridgehead atoms. The molecular weight excluding hydrogens is 1840 g/mol. The molecule has 23 rings (SSSR count). The first-order chi connectivity index (χ1) is 69.4. The number of nitrogens with zero attached hydrogens (tertiary/aromatic N) is 12. The third-order valence-electron chi connectivity index (χ3n) is 24.9. The lowest BCUT2D eigenvalue weighted by Gasteiger charge is -2.47. The highest BCUT2D eigenvalue weighted by Gasteiger charge is 2.50. The van der Waals surface area contributed by atoms with E-state index in [0.717, 1.165) is 53.9 Å². The molecular formula is C100H105N15O27. The number of ether oxygens (including phenoxy) is 13. The minimum Gasteiger partial charge on any atom is -0.482 e. The highest BCUT2D eigenvalue weighted by atomic mass is 16.5. The van der Waals surface area contributed by atoms with Crippen molar-refractivity contribution in [3.05, 3.63) is 320 Å². The molecule has 42 nitrogen and oxygen atoms in total. The minimum absolute atomic E-state index is 0.0490. The molecule has 5 aromatic heterocycles. The molecule has 5 aromatic carbocycles. The number of nitrogens with one attached hydrogen (secondary N) is 3. The van der Waals surface area contributed by atoms with Crippen molar-refractivity contribution in [3.63, 3.8) is 0 Å². The van der Waals surface area contributed by atoms with E-state index in [-0.39, 0.29) is 186 Å². The molecule has 8 saturated heterocycles. The van der Waals surface area contributed by atoms with E-state index in [2.05, 4.69) is 16.3 Å². The molecule has 7 atom stereocenters. The second-order valence-corrected chi connectivity index (χ2v) is 34.0. The molecule has 0 aliphatic carbocycles. The van der Waals surface area contributed by atoms with Gasteiger partial charge in [-0.25, -0.2) is 19.4 Å². The lowest BCUT2D eigenvalue weighted by molar-refractivity contribution is -0.191. The summed E-state index contributed by atoms with van der Waals surface area (Å²) in [6.45, 7) is 9.90. The Labute approximate surface area is 811 Å². The molecule has 0 saturated carbocycles. The van der Waals surface area contributed by atoms with Crippen LogP contribution < -0.4 is 77.1 Å². The maximum absolute atomic E-state index is 13.4. The normalized spacial score (nSPS) is 20.6.